The van der Waals surface area contributed by atoms with Gasteiger partial charge in [0.25, 0.3) is 0 Å². The zero-order valence-electron chi connectivity index (χ0n) is 10.3. The Morgan fingerprint density at radius 1 is 1.21 bits per heavy atom. The molecule has 0 aliphatic heterocycles. The maximum atomic E-state index is 5.74. The summed E-state index contributed by atoms with van der Waals surface area (Å²) < 4.78 is 12.9. The second-order valence-electron chi connectivity index (χ2n) is 3.72. The fourth-order valence-electron chi connectivity index (χ4n) is 1.64. The van der Waals surface area contributed by atoms with E-state index >= 15 is 0 Å². The van der Waals surface area contributed by atoms with Crippen molar-refractivity contribution in [2.75, 3.05) is 6.61 Å². The minimum atomic E-state index is 0.387. The molecule has 2 heterocycles. The third-order valence-corrected chi connectivity index (χ3v) is 3.32. The molecular formula is C12H12N4O2S. The first-order chi connectivity index (χ1) is 9.36. The molecule has 0 saturated carbocycles. The molecule has 6 nitrogen and oxygen atoms in total. The molecular weight excluding hydrogens is 264 g/mol. The molecule has 3 aromatic rings. The van der Waals surface area contributed by atoms with E-state index in [0.717, 1.165) is 21.5 Å². The molecule has 0 unspecified atom stereocenters. The van der Waals surface area contributed by atoms with Crippen LogP contribution in [0.4, 0.5) is 0 Å². The predicted octanol–water partition coefficient (Wildman–Crippen LogP) is 2.16. The van der Waals surface area contributed by atoms with Crippen LogP contribution in [0.3, 0.4) is 0 Å². The highest BCUT2D eigenvalue weighted by Crippen LogP contribution is 2.27. The molecule has 1 aromatic carbocycles. The normalized spacial score (nSPS) is 10.8. The van der Waals surface area contributed by atoms with Gasteiger partial charge in [-0.25, -0.2) is 0 Å². The van der Waals surface area contributed by atoms with Crippen LogP contribution in [0.15, 0.2) is 30.6 Å². The average molecular weight is 276 g/mol. The van der Waals surface area contributed by atoms with Gasteiger partial charge in [-0.2, -0.15) is 9.61 Å². The summed E-state index contributed by atoms with van der Waals surface area (Å²) in [6.07, 6.45) is 1.57. The van der Waals surface area contributed by atoms with Gasteiger partial charge in [0.1, 0.15) is 12.9 Å². The zero-order chi connectivity index (χ0) is 13.1. The Morgan fingerprint density at radius 2 is 2.00 bits per heavy atom. The van der Waals surface area contributed by atoms with Crippen LogP contribution in [0.25, 0.3) is 4.96 Å². The summed E-state index contributed by atoms with van der Waals surface area (Å²) in [7, 11) is 0. The lowest BCUT2D eigenvalue weighted by atomic mass is 10.3. The second-order valence-corrected chi connectivity index (χ2v) is 4.76. The molecule has 0 fully saturated rings. The molecule has 0 N–H and O–H groups in total. The lowest BCUT2D eigenvalue weighted by Gasteiger charge is -2.10. The molecule has 0 atom stereocenters. The lowest BCUT2D eigenvalue weighted by Crippen LogP contribution is -1.99. The van der Waals surface area contributed by atoms with E-state index in [-0.39, 0.29) is 0 Å². The van der Waals surface area contributed by atoms with Crippen molar-refractivity contribution in [3.05, 3.63) is 35.6 Å². The lowest BCUT2D eigenvalue weighted by molar-refractivity contribution is 0.268. The van der Waals surface area contributed by atoms with Crippen LogP contribution in [-0.4, -0.2) is 26.4 Å². The van der Waals surface area contributed by atoms with Gasteiger partial charge in [0.05, 0.1) is 6.61 Å². The number of para-hydroxylation sites is 2. The van der Waals surface area contributed by atoms with E-state index in [9.17, 15) is 0 Å². The quantitative estimate of drug-likeness (QED) is 0.714. The van der Waals surface area contributed by atoms with Gasteiger partial charge < -0.3 is 9.47 Å². The molecule has 0 aliphatic rings. The third-order valence-electron chi connectivity index (χ3n) is 2.43. The van der Waals surface area contributed by atoms with Gasteiger partial charge in [-0.15, -0.1) is 10.2 Å². The van der Waals surface area contributed by atoms with E-state index in [0.29, 0.717) is 13.2 Å². The minimum Gasteiger partial charge on any atom is -0.490 e. The van der Waals surface area contributed by atoms with Crippen molar-refractivity contribution >= 4 is 16.3 Å². The molecule has 0 aliphatic carbocycles. The maximum Gasteiger partial charge on any atom is 0.234 e. The number of ether oxygens (including phenoxy) is 2. The monoisotopic (exact) mass is 276 g/mol. The Bertz CT molecular complexity index is 650. The van der Waals surface area contributed by atoms with Crippen LogP contribution >= 0.6 is 11.3 Å². The van der Waals surface area contributed by atoms with E-state index in [1.807, 2.05) is 31.2 Å². The maximum absolute atomic E-state index is 5.74. The molecule has 19 heavy (non-hydrogen) atoms. The summed E-state index contributed by atoms with van der Waals surface area (Å²) in [5.41, 5.74) is 0. The number of nitrogens with zero attached hydrogens (tertiary/aromatic N) is 4. The van der Waals surface area contributed by atoms with Crippen LogP contribution in [0, 0.1) is 0 Å². The molecule has 0 radical (unpaired) electrons. The van der Waals surface area contributed by atoms with Crippen molar-refractivity contribution in [2.45, 2.75) is 13.5 Å². The van der Waals surface area contributed by atoms with Gasteiger partial charge in [-0.3, -0.25) is 0 Å². The topological polar surface area (TPSA) is 61.5 Å². The van der Waals surface area contributed by atoms with Crippen molar-refractivity contribution < 1.29 is 9.47 Å². The first-order valence-electron chi connectivity index (χ1n) is 5.87. The van der Waals surface area contributed by atoms with Crippen molar-refractivity contribution in [3.8, 4) is 11.5 Å². The fourth-order valence-corrected chi connectivity index (χ4v) is 2.37. The first-order valence-corrected chi connectivity index (χ1v) is 6.69. The van der Waals surface area contributed by atoms with E-state index < -0.39 is 0 Å². The predicted molar refractivity (Wildman–Crippen MR) is 70.6 cm³/mol. The smallest absolute Gasteiger partial charge is 0.234 e. The number of hydrogen-bond donors (Lipinski definition) is 0. The molecule has 0 amide bonds. The molecule has 0 saturated heterocycles. The van der Waals surface area contributed by atoms with Crippen LogP contribution in [-0.2, 0) is 6.61 Å². The standard InChI is InChI=1S/C12H12N4O2S/c1-2-17-9-5-3-4-6-10(9)18-7-11-15-16-8-13-14-12(16)19-11/h3-6,8H,2,7H2,1H3. The Balaban J connectivity index is 1.73. The number of aromatic nitrogens is 4. The van der Waals surface area contributed by atoms with Crippen LogP contribution < -0.4 is 9.47 Å². The van der Waals surface area contributed by atoms with Crippen molar-refractivity contribution in [2.24, 2.45) is 0 Å². The van der Waals surface area contributed by atoms with E-state index in [1.54, 1.807) is 10.8 Å². The van der Waals surface area contributed by atoms with Gasteiger partial charge in [-0.1, -0.05) is 23.5 Å². The number of benzene rings is 1. The van der Waals surface area contributed by atoms with Crippen LogP contribution in [0.2, 0.25) is 0 Å². The summed E-state index contributed by atoms with van der Waals surface area (Å²) in [6, 6.07) is 7.60. The van der Waals surface area contributed by atoms with E-state index in [2.05, 4.69) is 15.3 Å². The van der Waals surface area contributed by atoms with Crippen molar-refractivity contribution in [1.29, 1.82) is 0 Å². The van der Waals surface area contributed by atoms with Gasteiger partial charge in [-0.05, 0) is 19.1 Å². The summed E-state index contributed by atoms with van der Waals surface area (Å²) in [5.74, 6) is 1.46. The zero-order valence-corrected chi connectivity index (χ0v) is 11.1. The van der Waals surface area contributed by atoms with E-state index in [4.69, 9.17) is 9.47 Å². The fraction of sp³-hybridized carbons (Fsp3) is 0.250. The Hall–Kier alpha value is -2.15. The van der Waals surface area contributed by atoms with Gasteiger partial charge in [0, 0.05) is 0 Å². The molecule has 3 rings (SSSR count). The number of fused-ring (bicyclic) bond motifs is 1. The average Bonchev–Trinajstić information content (AvgIpc) is 2.99. The summed E-state index contributed by atoms with van der Waals surface area (Å²) >= 11 is 1.45. The Labute approximate surface area is 113 Å². The van der Waals surface area contributed by atoms with Crippen LogP contribution in [0.5, 0.6) is 11.5 Å². The van der Waals surface area contributed by atoms with Gasteiger partial charge in [0.15, 0.2) is 16.5 Å². The highest BCUT2D eigenvalue weighted by molar-refractivity contribution is 7.16. The molecule has 7 heteroatoms. The second kappa shape index (κ2) is 5.23. The Kier molecular flexibility index (Phi) is 3.28. The summed E-state index contributed by atoms with van der Waals surface area (Å²) in [4.78, 5) is 0.761. The molecule has 0 spiro atoms. The highest BCUT2D eigenvalue weighted by atomic mass is 32.1. The summed E-state index contributed by atoms with van der Waals surface area (Å²) in [6.45, 7) is 2.94. The molecule has 0 bridgehead atoms. The molecule has 2 aromatic heterocycles. The third kappa shape index (κ3) is 2.50. The van der Waals surface area contributed by atoms with E-state index in [1.165, 1.54) is 11.3 Å². The largest absolute Gasteiger partial charge is 0.490 e. The minimum absolute atomic E-state index is 0.387. The number of hydrogen-bond acceptors (Lipinski definition) is 6. The van der Waals surface area contributed by atoms with Gasteiger partial charge >= 0.3 is 0 Å². The van der Waals surface area contributed by atoms with Crippen molar-refractivity contribution in [3.63, 3.8) is 0 Å². The van der Waals surface area contributed by atoms with Gasteiger partial charge in [0.2, 0.25) is 4.96 Å². The number of rotatable bonds is 5. The summed E-state index contributed by atoms with van der Waals surface area (Å²) in [5, 5.41) is 12.8. The van der Waals surface area contributed by atoms with Crippen LogP contribution in [0.1, 0.15) is 11.9 Å². The molecule has 98 valence electrons. The highest BCUT2D eigenvalue weighted by Gasteiger charge is 2.08. The SMILES string of the molecule is CCOc1ccccc1OCc1nn2cnnc2s1. The first kappa shape index (κ1) is 11.9. The Morgan fingerprint density at radius 3 is 2.74 bits per heavy atom. The van der Waals surface area contributed by atoms with Crippen molar-refractivity contribution in [1.82, 2.24) is 19.8 Å².